The van der Waals surface area contributed by atoms with Gasteiger partial charge in [-0.25, -0.2) is 0 Å². The number of hydrogen-bond acceptors (Lipinski definition) is 4. The topological polar surface area (TPSA) is 62.6 Å². The molecule has 0 saturated heterocycles. The first-order valence-corrected chi connectivity index (χ1v) is 7.45. The minimum atomic E-state index is -0.127. The van der Waals surface area contributed by atoms with Crippen LogP contribution in [-0.2, 0) is 0 Å². The molecule has 0 aliphatic carbocycles. The summed E-state index contributed by atoms with van der Waals surface area (Å²) in [5, 5.41) is 3.61. The summed E-state index contributed by atoms with van der Waals surface area (Å²) in [5.41, 5.74) is 1.17. The van der Waals surface area contributed by atoms with Gasteiger partial charge in [0, 0.05) is 31.0 Å². The Morgan fingerprint density at radius 3 is 2.45 bits per heavy atom. The van der Waals surface area contributed by atoms with E-state index in [9.17, 15) is 9.59 Å². The number of carbonyl (C=O) groups excluding carboxylic acids is 2. The maximum absolute atomic E-state index is 12.0. The summed E-state index contributed by atoms with van der Waals surface area (Å²) in [7, 11) is 3.90. The highest BCUT2D eigenvalue weighted by Gasteiger charge is 2.11. The number of fused-ring (bicyclic) bond motifs is 1. The van der Waals surface area contributed by atoms with Gasteiger partial charge in [-0.3, -0.25) is 9.59 Å². The van der Waals surface area contributed by atoms with Gasteiger partial charge in [-0.05, 0) is 38.4 Å². The van der Waals surface area contributed by atoms with Crippen LogP contribution >= 0.6 is 0 Å². The van der Waals surface area contributed by atoms with Crippen LogP contribution in [0, 0.1) is 0 Å². The summed E-state index contributed by atoms with van der Waals surface area (Å²) in [4.78, 5) is 25.2. The Kier molecular flexibility index (Phi) is 6.79. The molecule has 1 N–H and O–H groups in total. The van der Waals surface area contributed by atoms with Crippen molar-refractivity contribution in [1.29, 1.82) is 0 Å². The molecule has 0 aliphatic rings. The lowest BCUT2D eigenvalue weighted by Gasteiger charge is -2.10. The number of rotatable bonds is 5. The maximum Gasteiger partial charge on any atom is 0.251 e. The molecule has 0 saturated carbocycles. The Morgan fingerprint density at radius 1 is 1.18 bits per heavy atom. The Morgan fingerprint density at radius 2 is 1.86 bits per heavy atom. The van der Waals surface area contributed by atoms with E-state index in [0.717, 1.165) is 11.9 Å². The van der Waals surface area contributed by atoms with E-state index < -0.39 is 0 Å². The molecular weight excluding hydrogens is 280 g/mol. The monoisotopic (exact) mass is 304 g/mol. The first-order chi connectivity index (χ1) is 10.5. The second-order valence-electron chi connectivity index (χ2n) is 4.98. The van der Waals surface area contributed by atoms with Crippen LogP contribution in [0.4, 0.5) is 0 Å². The Bertz CT molecular complexity index is 644. The standard InChI is InChI=1S/C15H18N2O3.C2H6/c1-10(18)14-9-12-8-11(4-5-13(12)20-14)15(19)16-6-7-17(2)3;1-2/h4-5,8-9H,6-7H2,1-3H3,(H,16,19);1-2H3. The Balaban J connectivity index is 0.00000116. The highest BCUT2D eigenvalue weighted by Crippen LogP contribution is 2.21. The Labute approximate surface area is 131 Å². The first kappa shape index (κ1) is 17.9. The van der Waals surface area contributed by atoms with Crippen molar-refractivity contribution in [2.75, 3.05) is 27.2 Å². The summed E-state index contributed by atoms with van der Waals surface area (Å²) in [6.45, 7) is 6.83. The van der Waals surface area contributed by atoms with E-state index in [1.54, 1.807) is 24.3 Å². The highest BCUT2D eigenvalue weighted by atomic mass is 16.3. The van der Waals surface area contributed by atoms with E-state index in [4.69, 9.17) is 4.42 Å². The maximum atomic E-state index is 12.0. The zero-order chi connectivity index (χ0) is 16.7. The van der Waals surface area contributed by atoms with Gasteiger partial charge in [-0.15, -0.1) is 0 Å². The van der Waals surface area contributed by atoms with Crippen LogP contribution in [-0.4, -0.2) is 43.8 Å². The second-order valence-corrected chi connectivity index (χ2v) is 4.98. The van der Waals surface area contributed by atoms with Gasteiger partial charge in [0.05, 0.1) is 0 Å². The van der Waals surface area contributed by atoms with Gasteiger partial charge < -0.3 is 14.6 Å². The predicted molar refractivity (Wildman–Crippen MR) is 88.5 cm³/mol. The third-order valence-electron chi connectivity index (χ3n) is 2.97. The van der Waals surface area contributed by atoms with Crippen molar-refractivity contribution in [3.8, 4) is 0 Å². The van der Waals surface area contributed by atoms with Gasteiger partial charge in [0.15, 0.2) is 11.5 Å². The highest BCUT2D eigenvalue weighted by molar-refractivity contribution is 6.00. The minimum absolute atomic E-state index is 0.126. The second kappa shape index (κ2) is 8.34. The first-order valence-electron chi connectivity index (χ1n) is 7.45. The van der Waals surface area contributed by atoms with Crippen LogP contribution in [0.25, 0.3) is 11.0 Å². The van der Waals surface area contributed by atoms with E-state index in [2.05, 4.69) is 5.32 Å². The van der Waals surface area contributed by atoms with Crippen LogP contribution in [0.3, 0.4) is 0 Å². The molecule has 1 aromatic carbocycles. The number of hydrogen-bond donors (Lipinski definition) is 1. The van der Waals surface area contributed by atoms with Crippen molar-refractivity contribution in [1.82, 2.24) is 10.2 Å². The molecule has 0 spiro atoms. The van der Waals surface area contributed by atoms with Crippen LogP contribution < -0.4 is 5.32 Å². The zero-order valence-corrected chi connectivity index (χ0v) is 13.9. The number of ketones is 1. The zero-order valence-electron chi connectivity index (χ0n) is 13.9. The Hall–Kier alpha value is -2.14. The van der Waals surface area contributed by atoms with Gasteiger partial charge in [-0.1, -0.05) is 13.8 Å². The molecule has 1 amide bonds. The molecule has 2 aromatic rings. The van der Waals surface area contributed by atoms with Gasteiger partial charge in [-0.2, -0.15) is 0 Å². The van der Waals surface area contributed by atoms with Crippen molar-refractivity contribution in [2.24, 2.45) is 0 Å². The smallest absolute Gasteiger partial charge is 0.251 e. The van der Waals surface area contributed by atoms with Crippen LogP contribution in [0.5, 0.6) is 0 Å². The average Bonchev–Trinajstić information content (AvgIpc) is 2.92. The molecule has 1 aromatic heterocycles. The van der Waals surface area contributed by atoms with E-state index >= 15 is 0 Å². The molecule has 2 rings (SSSR count). The van der Waals surface area contributed by atoms with E-state index in [1.165, 1.54) is 6.92 Å². The van der Waals surface area contributed by atoms with Gasteiger partial charge in [0.2, 0.25) is 0 Å². The number of carbonyl (C=O) groups is 2. The van der Waals surface area contributed by atoms with Gasteiger partial charge >= 0.3 is 0 Å². The molecule has 0 fully saturated rings. The van der Waals surface area contributed by atoms with Crippen LogP contribution in [0.2, 0.25) is 0 Å². The van der Waals surface area contributed by atoms with E-state index in [0.29, 0.717) is 23.5 Å². The lowest BCUT2D eigenvalue weighted by molar-refractivity contribution is 0.0949. The predicted octanol–water partition coefficient (Wildman–Crippen LogP) is 2.95. The summed E-state index contributed by atoms with van der Waals surface area (Å²) < 4.78 is 5.39. The fourth-order valence-corrected chi connectivity index (χ4v) is 1.85. The number of nitrogens with one attached hydrogen (secondary N) is 1. The summed E-state index contributed by atoms with van der Waals surface area (Å²) in [5.74, 6) is 0.0580. The number of nitrogens with zero attached hydrogens (tertiary/aromatic N) is 1. The summed E-state index contributed by atoms with van der Waals surface area (Å²) in [6.07, 6.45) is 0. The fourth-order valence-electron chi connectivity index (χ4n) is 1.85. The quantitative estimate of drug-likeness (QED) is 0.863. The minimum Gasteiger partial charge on any atom is -0.453 e. The molecule has 0 radical (unpaired) electrons. The molecule has 0 bridgehead atoms. The lowest BCUT2D eigenvalue weighted by Crippen LogP contribution is -2.31. The molecule has 0 atom stereocenters. The van der Waals surface area contributed by atoms with Crippen molar-refractivity contribution >= 4 is 22.7 Å². The summed E-state index contributed by atoms with van der Waals surface area (Å²) >= 11 is 0. The molecule has 1 heterocycles. The molecule has 5 nitrogen and oxygen atoms in total. The number of Topliss-reactive ketones (excluding diaryl/α,β-unsaturated/α-hetero) is 1. The fraction of sp³-hybridized carbons (Fsp3) is 0.412. The third kappa shape index (κ3) is 4.70. The van der Waals surface area contributed by atoms with E-state index in [-0.39, 0.29) is 11.7 Å². The number of benzene rings is 1. The molecular formula is C17H24N2O3. The van der Waals surface area contributed by atoms with Crippen molar-refractivity contribution < 1.29 is 14.0 Å². The molecule has 22 heavy (non-hydrogen) atoms. The van der Waals surface area contributed by atoms with Crippen molar-refractivity contribution in [2.45, 2.75) is 20.8 Å². The van der Waals surface area contributed by atoms with Gasteiger partial charge in [0.1, 0.15) is 5.58 Å². The van der Waals surface area contributed by atoms with Crippen molar-refractivity contribution in [3.63, 3.8) is 0 Å². The molecule has 5 heteroatoms. The molecule has 120 valence electrons. The number of furan rings is 1. The SMILES string of the molecule is CC.CC(=O)c1cc2cc(C(=O)NCCN(C)C)ccc2o1. The molecule has 0 aliphatic heterocycles. The number of likely N-dealkylation sites (N-methyl/N-ethyl adjacent to an activating group) is 1. The van der Waals surface area contributed by atoms with Gasteiger partial charge in [0.25, 0.3) is 5.91 Å². The number of amides is 1. The summed E-state index contributed by atoms with van der Waals surface area (Å²) in [6, 6.07) is 6.80. The van der Waals surface area contributed by atoms with E-state index in [1.807, 2.05) is 32.8 Å². The third-order valence-corrected chi connectivity index (χ3v) is 2.97. The lowest BCUT2D eigenvalue weighted by atomic mass is 10.1. The van der Waals surface area contributed by atoms with Crippen LogP contribution in [0.1, 0.15) is 41.7 Å². The largest absolute Gasteiger partial charge is 0.453 e. The van der Waals surface area contributed by atoms with Crippen molar-refractivity contribution in [3.05, 3.63) is 35.6 Å². The molecule has 0 unspecified atom stereocenters. The normalized spacial score (nSPS) is 10.3. The average molecular weight is 304 g/mol. The van der Waals surface area contributed by atoms with Crippen LogP contribution in [0.15, 0.2) is 28.7 Å².